The highest BCUT2D eigenvalue weighted by atomic mass is 16.5. The first kappa shape index (κ1) is 24.8. The first-order chi connectivity index (χ1) is 12.6. The Hall–Kier alpha value is -1.25. The molecule has 3 heteroatoms. The van der Waals surface area contributed by atoms with Gasteiger partial charge in [0, 0.05) is 0 Å². The van der Waals surface area contributed by atoms with Crippen molar-refractivity contribution < 1.29 is 14.3 Å². The summed E-state index contributed by atoms with van der Waals surface area (Å²) in [6.07, 6.45) is 19.9. The minimum absolute atomic E-state index is 0.369. The van der Waals surface area contributed by atoms with E-state index in [1.54, 1.807) is 6.92 Å². The molecule has 0 amide bonds. The van der Waals surface area contributed by atoms with Crippen molar-refractivity contribution in [1.82, 2.24) is 0 Å². The largest absolute Gasteiger partial charge is 0.498 e. The van der Waals surface area contributed by atoms with E-state index in [4.69, 9.17) is 9.47 Å². The van der Waals surface area contributed by atoms with Gasteiger partial charge in [-0.05, 0) is 13.3 Å². The smallest absolute Gasteiger partial charge is 0.321 e. The van der Waals surface area contributed by atoms with E-state index in [9.17, 15) is 4.79 Å². The molecule has 0 aromatic carbocycles. The van der Waals surface area contributed by atoms with Gasteiger partial charge < -0.3 is 9.47 Å². The molecule has 0 fully saturated rings. The summed E-state index contributed by atoms with van der Waals surface area (Å²) in [5.74, 6) is -0.336. The molecule has 3 nitrogen and oxygen atoms in total. The fourth-order valence-corrected chi connectivity index (χ4v) is 2.94. The summed E-state index contributed by atoms with van der Waals surface area (Å²) in [5, 5.41) is 0. The molecule has 0 aromatic heterocycles. The zero-order valence-electron chi connectivity index (χ0n) is 17.4. The molecule has 0 radical (unpaired) electrons. The predicted molar refractivity (Wildman–Crippen MR) is 111 cm³/mol. The van der Waals surface area contributed by atoms with Crippen LogP contribution in [0.2, 0.25) is 0 Å². The molecule has 152 valence electrons. The van der Waals surface area contributed by atoms with E-state index in [0.29, 0.717) is 12.4 Å². The SMILES string of the molecule is C=COC(=O)C(C)C(=C)OCCCCCCCCCCCCCCCC. The van der Waals surface area contributed by atoms with Crippen LogP contribution < -0.4 is 0 Å². The second-order valence-electron chi connectivity index (χ2n) is 7.24. The number of hydrogen-bond acceptors (Lipinski definition) is 3. The van der Waals surface area contributed by atoms with Crippen molar-refractivity contribution in [2.45, 2.75) is 104 Å². The summed E-state index contributed by atoms with van der Waals surface area (Å²) in [6, 6.07) is 0. The maximum absolute atomic E-state index is 11.5. The lowest BCUT2D eigenvalue weighted by molar-refractivity contribution is -0.142. The summed E-state index contributed by atoms with van der Waals surface area (Å²) in [7, 11) is 0. The van der Waals surface area contributed by atoms with E-state index < -0.39 is 5.92 Å². The molecule has 1 unspecified atom stereocenters. The van der Waals surface area contributed by atoms with Gasteiger partial charge >= 0.3 is 5.97 Å². The maximum atomic E-state index is 11.5. The van der Waals surface area contributed by atoms with Crippen LogP contribution >= 0.6 is 0 Å². The van der Waals surface area contributed by atoms with Crippen molar-refractivity contribution in [2.24, 2.45) is 5.92 Å². The number of ether oxygens (including phenoxy) is 2. The van der Waals surface area contributed by atoms with Crippen molar-refractivity contribution >= 4 is 5.97 Å². The first-order valence-corrected chi connectivity index (χ1v) is 10.8. The first-order valence-electron chi connectivity index (χ1n) is 10.8. The van der Waals surface area contributed by atoms with Gasteiger partial charge in [0.2, 0.25) is 0 Å². The molecule has 0 aromatic rings. The second-order valence-corrected chi connectivity index (χ2v) is 7.24. The lowest BCUT2D eigenvalue weighted by Crippen LogP contribution is -2.16. The van der Waals surface area contributed by atoms with E-state index in [0.717, 1.165) is 12.7 Å². The molecule has 0 saturated carbocycles. The molecule has 0 bridgehead atoms. The zero-order chi connectivity index (χ0) is 19.5. The molecule has 0 heterocycles. The van der Waals surface area contributed by atoms with Crippen LogP contribution in [0.1, 0.15) is 104 Å². The minimum atomic E-state index is -0.445. The summed E-state index contributed by atoms with van der Waals surface area (Å²) >= 11 is 0. The molecule has 1 atom stereocenters. The fourth-order valence-electron chi connectivity index (χ4n) is 2.94. The van der Waals surface area contributed by atoms with Gasteiger partial charge in [0.1, 0.15) is 11.7 Å². The van der Waals surface area contributed by atoms with E-state index in [-0.39, 0.29) is 5.97 Å². The molecule has 0 aliphatic heterocycles. The zero-order valence-corrected chi connectivity index (χ0v) is 17.4. The maximum Gasteiger partial charge on any atom is 0.321 e. The average molecular weight is 367 g/mol. The standard InChI is InChI=1S/C23H42O3/c1-5-7-8-9-10-11-12-13-14-15-16-17-18-19-20-26-22(4)21(3)23(24)25-6-2/h6,21H,2,4-5,7-20H2,1,3H3. The van der Waals surface area contributed by atoms with Crippen molar-refractivity contribution in [3.8, 4) is 0 Å². The van der Waals surface area contributed by atoms with Crippen LogP contribution in [-0.4, -0.2) is 12.6 Å². The van der Waals surface area contributed by atoms with Gasteiger partial charge in [-0.15, -0.1) is 0 Å². The minimum Gasteiger partial charge on any atom is -0.498 e. The highest BCUT2D eigenvalue weighted by Crippen LogP contribution is 2.15. The topological polar surface area (TPSA) is 35.5 Å². The highest BCUT2D eigenvalue weighted by molar-refractivity contribution is 5.75. The molecule has 0 saturated heterocycles. The van der Waals surface area contributed by atoms with Crippen LogP contribution in [0.15, 0.2) is 25.2 Å². The molecule has 0 spiro atoms. The van der Waals surface area contributed by atoms with Crippen LogP contribution in [0.25, 0.3) is 0 Å². The van der Waals surface area contributed by atoms with Gasteiger partial charge in [-0.1, -0.05) is 104 Å². The number of unbranched alkanes of at least 4 members (excludes halogenated alkanes) is 13. The van der Waals surface area contributed by atoms with Gasteiger partial charge in [0.15, 0.2) is 0 Å². The molecule has 0 aliphatic carbocycles. The van der Waals surface area contributed by atoms with E-state index >= 15 is 0 Å². The van der Waals surface area contributed by atoms with Gasteiger partial charge in [-0.3, -0.25) is 4.79 Å². The molecule has 0 N–H and O–H groups in total. The lowest BCUT2D eigenvalue weighted by atomic mass is 10.0. The Kier molecular flexibility index (Phi) is 17.6. The lowest BCUT2D eigenvalue weighted by Gasteiger charge is -2.14. The second kappa shape index (κ2) is 18.5. The van der Waals surface area contributed by atoms with Crippen molar-refractivity contribution in [3.63, 3.8) is 0 Å². The number of rotatable bonds is 19. The Bertz CT molecular complexity index is 362. The summed E-state index contributed by atoms with van der Waals surface area (Å²) in [4.78, 5) is 11.5. The molecule has 0 rings (SSSR count). The third-order valence-electron chi connectivity index (χ3n) is 4.82. The van der Waals surface area contributed by atoms with Gasteiger partial charge in [-0.25, -0.2) is 0 Å². The average Bonchev–Trinajstić information content (AvgIpc) is 2.64. The van der Waals surface area contributed by atoms with Crippen LogP contribution in [0.3, 0.4) is 0 Å². The number of carbonyl (C=O) groups excluding carboxylic acids is 1. The Morgan fingerprint density at radius 1 is 0.846 bits per heavy atom. The number of carbonyl (C=O) groups is 1. The Morgan fingerprint density at radius 2 is 1.27 bits per heavy atom. The van der Waals surface area contributed by atoms with Crippen molar-refractivity contribution in [2.75, 3.05) is 6.61 Å². The summed E-state index contributed by atoms with van der Waals surface area (Å²) < 4.78 is 10.3. The van der Waals surface area contributed by atoms with Crippen LogP contribution in [-0.2, 0) is 14.3 Å². The Morgan fingerprint density at radius 3 is 1.69 bits per heavy atom. The van der Waals surface area contributed by atoms with Gasteiger partial charge in [0.25, 0.3) is 0 Å². The monoisotopic (exact) mass is 366 g/mol. The summed E-state index contributed by atoms with van der Waals surface area (Å²) in [6.45, 7) is 11.8. The third-order valence-corrected chi connectivity index (χ3v) is 4.82. The third kappa shape index (κ3) is 15.0. The quantitative estimate of drug-likeness (QED) is 0.136. The van der Waals surface area contributed by atoms with Crippen LogP contribution in [0, 0.1) is 5.92 Å². The normalized spacial score (nSPS) is 11.8. The Labute approximate surface area is 162 Å². The van der Waals surface area contributed by atoms with Crippen LogP contribution in [0.5, 0.6) is 0 Å². The predicted octanol–water partition coefficient (Wildman–Crippen LogP) is 7.32. The molecule has 26 heavy (non-hydrogen) atoms. The van der Waals surface area contributed by atoms with E-state index in [2.05, 4.69) is 20.1 Å². The van der Waals surface area contributed by atoms with Crippen LogP contribution in [0.4, 0.5) is 0 Å². The molecular formula is C23H42O3. The number of hydrogen-bond donors (Lipinski definition) is 0. The van der Waals surface area contributed by atoms with Crippen molar-refractivity contribution in [1.29, 1.82) is 0 Å². The van der Waals surface area contributed by atoms with E-state index in [1.807, 2.05) is 0 Å². The van der Waals surface area contributed by atoms with Gasteiger partial charge in [-0.2, -0.15) is 0 Å². The van der Waals surface area contributed by atoms with Gasteiger partial charge in [0.05, 0.1) is 12.9 Å². The highest BCUT2D eigenvalue weighted by Gasteiger charge is 2.18. The molecular weight excluding hydrogens is 324 g/mol. The fraction of sp³-hybridized carbons (Fsp3) is 0.783. The number of esters is 1. The molecule has 0 aliphatic rings. The van der Waals surface area contributed by atoms with E-state index in [1.165, 1.54) is 83.5 Å². The summed E-state index contributed by atoms with van der Waals surface area (Å²) in [5.41, 5.74) is 0. The van der Waals surface area contributed by atoms with Crippen molar-refractivity contribution in [3.05, 3.63) is 25.2 Å². The Balaban J connectivity index is 3.30.